The molecule has 1 heterocycles. The molecule has 2 rings (SSSR count). The SMILES string of the molecule is NC(COc1ccccc1Br)c1ccc(Cl)o1. The van der Waals surface area contributed by atoms with Crippen molar-refractivity contribution in [1.29, 1.82) is 0 Å². The van der Waals surface area contributed by atoms with Gasteiger partial charge in [-0.1, -0.05) is 12.1 Å². The van der Waals surface area contributed by atoms with Crippen LogP contribution >= 0.6 is 27.5 Å². The average molecular weight is 317 g/mol. The van der Waals surface area contributed by atoms with Gasteiger partial charge in [-0.15, -0.1) is 0 Å². The molecule has 1 aromatic heterocycles. The first-order valence-corrected chi connectivity index (χ1v) is 6.22. The van der Waals surface area contributed by atoms with Gasteiger partial charge in [-0.3, -0.25) is 0 Å². The molecule has 0 aliphatic carbocycles. The Morgan fingerprint density at radius 1 is 1.29 bits per heavy atom. The molecule has 0 aliphatic rings. The van der Waals surface area contributed by atoms with Crippen LogP contribution in [-0.2, 0) is 0 Å². The number of furan rings is 1. The molecule has 2 N–H and O–H groups in total. The molecule has 17 heavy (non-hydrogen) atoms. The van der Waals surface area contributed by atoms with Crippen molar-refractivity contribution in [1.82, 2.24) is 0 Å². The first kappa shape index (κ1) is 12.5. The molecule has 0 aliphatic heterocycles. The topological polar surface area (TPSA) is 48.4 Å². The summed E-state index contributed by atoms with van der Waals surface area (Å²) in [7, 11) is 0. The second kappa shape index (κ2) is 5.58. The molecule has 0 radical (unpaired) electrons. The van der Waals surface area contributed by atoms with Crippen molar-refractivity contribution >= 4 is 27.5 Å². The lowest BCUT2D eigenvalue weighted by Gasteiger charge is -2.12. The van der Waals surface area contributed by atoms with Gasteiger partial charge in [-0.05, 0) is 51.8 Å². The van der Waals surface area contributed by atoms with E-state index < -0.39 is 0 Å². The normalized spacial score (nSPS) is 12.4. The highest BCUT2D eigenvalue weighted by molar-refractivity contribution is 9.10. The molecule has 3 nitrogen and oxygen atoms in total. The summed E-state index contributed by atoms with van der Waals surface area (Å²) in [4.78, 5) is 0. The highest BCUT2D eigenvalue weighted by Crippen LogP contribution is 2.25. The molecule has 0 saturated carbocycles. The number of halogens is 2. The van der Waals surface area contributed by atoms with Crippen LogP contribution in [-0.4, -0.2) is 6.61 Å². The largest absolute Gasteiger partial charge is 0.490 e. The maximum atomic E-state index is 5.91. The van der Waals surface area contributed by atoms with E-state index in [1.54, 1.807) is 12.1 Å². The predicted molar refractivity (Wildman–Crippen MR) is 70.3 cm³/mol. The van der Waals surface area contributed by atoms with E-state index in [0.29, 0.717) is 17.6 Å². The van der Waals surface area contributed by atoms with Crippen molar-refractivity contribution < 1.29 is 9.15 Å². The number of hydrogen-bond acceptors (Lipinski definition) is 3. The van der Waals surface area contributed by atoms with Gasteiger partial charge in [0.05, 0.1) is 10.5 Å². The van der Waals surface area contributed by atoms with Crippen LogP contribution in [0, 0.1) is 0 Å². The van der Waals surface area contributed by atoms with E-state index in [1.807, 2.05) is 24.3 Å². The van der Waals surface area contributed by atoms with E-state index in [9.17, 15) is 0 Å². The number of benzene rings is 1. The van der Waals surface area contributed by atoms with Crippen LogP contribution in [0.25, 0.3) is 0 Å². The highest BCUT2D eigenvalue weighted by atomic mass is 79.9. The Labute approximate surface area is 113 Å². The lowest BCUT2D eigenvalue weighted by Crippen LogP contribution is -2.18. The van der Waals surface area contributed by atoms with Crippen LogP contribution < -0.4 is 10.5 Å². The smallest absolute Gasteiger partial charge is 0.193 e. The van der Waals surface area contributed by atoms with E-state index in [2.05, 4.69) is 15.9 Å². The van der Waals surface area contributed by atoms with Gasteiger partial charge in [0.2, 0.25) is 0 Å². The van der Waals surface area contributed by atoms with Gasteiger partial charge >= 0.3 is 0 Å². The van der Waals surface area contributed by atoms with Crippen molar-refractivity contribution in [3.05, 3.63) is 51.9 Å². The summed E-state index contributed by atoms with van der Waals surface area (Å²) in [6, 6.07) is 10.7. The molecular weight excluding hydrogens is 305 g/mol. The Morgan fingerprint density at radius 3 is 2.71 bits per heavy atom. The van der Waals surface area contributed by atoms with Gasteiger partial charge in [0.25, 0.3) is 0 Å². The zero-order valence-electron chi connectivity index (χ0n) is 8.90. The monoisotopic (exact) mass is 315 g/mol. The van der Waals surface area contributed by atoms with E-state index in [4.69, 9.17) is 26.5 Å². The van der Waals surface area contributed by atoms with Crippen molar-refractivity contribution in [3.8, 4) is 5.75 Å². The zero-order chi connectivity index (χ0) is 12.3. The summed E-state index contributed by atoms with van der Waals surface area (Å²) in [6.07, 6.45) is 0. The van der Waals surface area contributed by atoms with Crippen LogP contribution in [0.1, 0.15) is 11.8 Å². The number of para-hydroxylation sites is 1. The molecule has 90 valence electrons. The fraction of sp³-hybridized carbons (Fsp3) is 0.167. The summed E-state index contributed by atoms with van der Waals surface area (Å²) in [5, 5.41) is 0.330. The molecule has 0 saturated heterocycles. The first-order valence-electron chi connectivity index (χ1n) is 5.05. The van der Waals surface area contributed by atoms with Gasteiger partial charge < -0.3 is 14.9 Å². The molecule has 0 amide bonds. The maximum Gasteiger partial charge on any atom is 0.193 e. The molecule has 1 aromatic carbocycles. The van der Waals surface area contributed by atoms with E-state index in [1.165, 1.54) is 0 Å². The van der Waals surface area contributed by atoms with Crippen LogP contribution in [0.4, 0.5) is 0 Å². The molecule has 0 bridgehead atoms. The number of rotatable bonds is 4. The lowest BCUT2D eigenvalue weighted by molar-refractivity contribution is 0.271. The molecule has 5 heteroatoms. The summed E-state index contributed by atoms with van der Waals surface area (Å²) < 4.78 is 11.7. The van der Waals surface area contributed by atoms with Gasteiger partial charge in [0.15, 0.2) is 5.22 Å². The minimum absolute atomic E-state index is 0.326. The fourth-order valence-corrected chi connectivity index (χ4v) is 1.90. The Balaban J connectivity index is 1.97. The van der Waals surface area contributed by atoms with Crippen molar-refractivity contribution in [2.45, 2.75) is 6.04 Å². The van der Waals surface area contributed by atoms with Crippen molar-refractivity contribution in [2.24, 2.45) is 5.73 Å². The third-order valence-electron chi connectivity index (χ3n) is 2.21. The van der Waals surface area contributed by atoms with Crippen LogP contribution in [0.15, 0.2) is 45.3 Å². The number of nitrogens with two attached hydrogens (primary N) is 1. The average Bonchev–Trinajstić information content (AvgIpc) is 2.74. The van der Waals surface area contributed by atoms with Gasteiger partial charge in [-0.2, -0.15) is 0 Å². The van der Waals surface area contributed by atoms with E-state index in [-0.39, 0.29) is 6.04 Å². The zero-order valence-corrected chi connectivity index (χ0v) is 11.2. The van der Waals surface area contributed by atoms with Crippen molar-refractivity contribution in [2.75, 3.05) is 6.61 Å². The maximum absolute atomic E-state index is 5.91. The summed E-state index contributed by atoms with van der Waals surface area (Å²) in [6.45, 7) is 0.326. The summed E-state index contributed by atoms with van der Waals surface area (Å²) in [5.74, 6) is 1.36. The highest BCUT2D eigenvalue weighted by Gasteiger charge is 2.12. The van der Waals surface area contributed by atoms with Crippen molar-refractivity contribution in [3.63, 3.8) is 0 Å². The predicted octanol–water partition coefficient (Wildman–Crippen LogP) is 3.77. The second-order valence-electron chi connectivity index (χ2n) is 3.49. The van der Waals surface area contributed by atoms with Gasteiger partial charge in [0, 0.05) is 0 Å². The summed E-state index contributed by atoms with van der Waals surface area (Å²) >= 11 is 9.07. The minimum Gasteiger partial charge on any atom is -0.490 e. The van der Waals surface area contributed by atoms with E-state index >= 15 is 0 Å². The third-order valence-corrected chi connectivity index (χ3v) is 3.07. The van der Waals surface area contributed by atoms with Gasteiger partial charge in [-0.25, -0.2) is 0 Å². The molecule has 1 atom stereocenters. The van der Waals surface area contributed by atoms with Crippen LogP contribution in [0.3, 0.4) is 0 Å². The first-order chi connectivity index (χ1) is 8.16. The molecular formula is C12H11BrClNO2. The Bertz CT molecular complexity index is 501. The Kier molecular flexibility index (Phi) is 4.10. The standard InChI is InChI=1S/C12H11BrClNO2/c13-8-3-1-2-4-10(8)16-7-9(15)11-5-6-12(14)17-11/h1-6,9H,7,15H2. The van der Waals surface area contributed by atoms with Gasteiger partial charge in [0.1, 0.15) is 18.1 Å². The molecule has 1 unspecified atom stereocenters. The molecule has 0 spiro atoms. The molecule has 0 fully saturated rings. The third kappa shape index (κ3) is 3.25. The van der Waals surface area contributed by atoms with Crippen LogP contribution in [0.2, 0.25) is 5.22 Å². The van der Waals surface area contributed by atoms with Crippen LogP contribution in [0.5, 0.6) is 5.75 Å². The number of ether oxygens (including phenoxy) is 1. The lowest BCUT2D eigenvalue weighted by atomic mass is 10.2. The second-order valence-corrected chi connectivity index (χ2v) is 4.72. The molecule has 2 aromatic rings. The summed E-state index contributed by atoms with van der Waals surface area (Å²) in [5.41, 5.74) is 5.91. The quantitative estimate of drug-likeness (QED) is 0.934. The Morgan fingerprint density at radius 2 is 2.06 bits per heavy atom. The fourth-order valence-electron chi connectivity index (χ4n) is 1.35. The van der Waals surface area contributed by atoms with E-state index in [0.717, 1.165) is 10.2 Å². The minimum atomic E-state index is -0.338. The Hall–Kier alpha value is -0.970. The number of hydrogen-bond donors (Lipinski definition) is 1.